The van der Waals surface area contributed by atoms with Crippen molar-refractivity contribution < 1.29 is 17.9 Å². The van der Waals surface area contributed by atoms with E-state index >= 15 is 0 Å². The van der Waals surface area contributed by atoms with Gasteiger partial charge in [0.1, 0.15) is 5.75 Å². The van der Waals surface area contributed by atoms with Gasteiger partial charge in [0, 0.05) is 62.0 Å². The van der Waals surface area contributed by atoms with Gasteiger partial charge in [-0.3, -0.25) is 4.79 Å². The standard InChI is InChI=1S/C36H44N4O4S/c1-25(2)23-40(5)24-26-17-18-30-31(19-20-44-34(30)21-26)37-36(41)22-32(27-11-7-6-8-12-27)38-45(42,43)35-16-10-13-28-29(35)14-9-15-33(28)39(3)4/h6-18,21,25,31-32,38H,19-20,22-24H2,1-5H3,(H,37,41). The fraction of sp³-hybridized carbons (Fsp3) is 0.361. The van der Waals surface area contributed by atoms with Gasteiger partial charge in [-0.2, -0.15) is 0 Å². The van der Waals surface area contributed by atoms with Crippen LogP contribution in [0.3, 0.4) is 0 Å². The molecule has 1 heterocycles. The number of rotatable bonds is 12. The lowest BCUT2D eigenvalue weighted by Gasteiger charge is -2.28. The number of nitrogens with one attached hydrogen (secondary N) is 2. The smallest absolute Gasteiger partial charge is 0.241 e. The molecule has 5 rings (SSSR count). The molecule has 0 aromatic heterocycles. The zero-order valence-corrected chi connectivity index (χ0v) is 27.6. The van der Waals surface area contributed by atoms with Crippen LogP contribution in [0.4, 0.5) is 5.69 Å². The summed E-state index contributed by atoms with van der Waals surface area (Å²) in [5.41, 5.74) is 3.74. The van der Waals surface area contributed by atoms with Crippen LogP contribution in [0.2, 0.25) is 0 Å². The predicted octanol–water partition coefficient (Wildman–Crippen LogP) is 6.04. The summed E-state index contributed by atoms with van der Waals surface area (Å²) < 4.78 is 36.7. The molecule has 1 amide bonds. The van der Waals surface area contributed by atoms with E-state index in [9.17, 15) is 13.2 Å². The molecule has 2 atom stereocenters. The normalized spacial score (nSPS) is 15.5. The molecule has 2 unspecified atom stereocenters. The average Bonchev–Trinajstić information content (AvgIpc) is 3.00. The number of hydrogen-bond donors (Lipinski definition) is 2. The quantitative estimate of drug-likeness (QED) is 0.199. The minimum absolute atomic E-state index is 0.0538. The van der Waals surface area contributed by atoms with Crippen LogP contribution >= 0.6 is 0 Å². The largest absolute Gasteiger partial charge is 0.493 e. The van der Waals surface area contributed by atoms with Crippen LogP contribution in [-0.2, 0) is 21.4 Å². The second kappa shape index (κ2) is 14.0. The minimum atomic E-state index is -4.00. The van der Waals surface area contributed by atoms with Crippen LogP contribution in [0.5, 0.6) is 5.75 Å². The van der Waals surface area contributed by atoms with Crippen LogP contribution < -0.4 is 19.7 Å². The van der Waals surface area contributed by atoms with Crippen LogP contribution in [-0.4, -0.2) is 53.5 Å². The summed E-state index contributed by atoms with van der Waals surface area (Å²) in [4.78, 5) is 18.0. The molecule has 238 valence electrons. The summed E-state index contributed by atoms with van der Waals surface area (Å²) in [6.07, 6.45) is 0.582. The Labute approximate surface area is 267 Å². The van der Waals surface area contributed by atoms with Gasteiger partial charge >= 0.3 is 0 Å². The molecular weight excluding hydrogens is 584 g/mol. The molecule has 4 aromatic rings. The van der Waals surface area contributed by atoms with Crippen LogP contribution in [0, 0.1) is 5.92 Å². The van der Waals surface area contributed by atoms with Gasteiger partial charge in [0.25, 0.3) is 0 Å². The molecule has 0 bridgehead atoms. The lowest BCUT2D eigenvalue weighted by atomic mass is 9.97. The summed E-state index contributed by atoms with van der Waals surface area (Å²) in [5, 5.41) is 4.63. The SMILES string of the molecule is CC(C)CN(C)Cc1ccc2c(c1)OCCC2NC(=O)CC(NS(=O)(=O)c1cccc2c(N(C)C)cccc12)c1ccccc1. The molecule has 0 aliphatic carbocycles. The van der Waals surface area contributed by atoms with E-state index in [2.05, 4.69) is 48.0 Å². The second-order valence-corrected chi connectivity index (χ2v) is 14.2. The monoisotopic (exact) mass is 628 g/mol. The van der Waals surface area contributed by atoms with Crippen molar-refractivity contribution in [3.63, 3.8) is 0 Å². The summed E-state index contributed by atoms with van der Waals surface area (Å²) in [6.45, 7) is 6.72. The van der Waals surface area contributed by atoms with Crippen molar-refractivity contribution in [2.75, 3.05) is 39.2 Å². The van der Waals surface area contributed by atoms with Crippen molar-refractivity contribution in [3.05, 3.63) is 102 Å². The third-order valence-corrected chi connectivity index (χ3v) is 9.63. The number of carbonyl (C=O) groups is 1. The van der Waals surface area contributed by atoms with Gasteiger partial charge in [-0.25, -0.2) is 13.1 Å². The van der Waals surface area contributed by atoms with E-state index in [-0.39, 0.29) is 23.3 Å². The Morgan fingerprint density at radius 2 is 1.67 bits per heavy atom. The van der Waals surface area contributed by atoms with Gasteiger partial charge in [-0.1, -0.05) is 80.6 Å². The highest BCUT2D eigenvalue weighted by Gasteiger charge is 2.28. The van der Waals surface area contributed by atoms with E-state index < -0.39 is 16.1 Å². The lowest BCUT2D eigenvalue weighted by Crippen LogP contribution is -2.36. The molecule has 8 nitrogen and oxygen atoms in total. The number of sulfonamides is 1. The van der Waals surface area contributed by atoms with Crippen molar-refractivity contribution in [1.82, 2.24) is 14.9 Å². The van der Waals surface area contributed by atoms with Gasteiger partial charge in [-0.15, -0.1) is 0 Å². The highest BCUT2D eigenvalue weighted by molar-refractivity contribution is 7.89. The van der Waals surface area contributed by atoms with E-state index in [0.717, 1.165) is 41.0 Å². The van der Waals surface area contributed by atoms with Gasteiger partial charge in [0.2, 0.25) is 15.9 Å². The maximum atomic E-state index is 13.9. The third kappa shape index (κ3) is 7.84. The van der Waals surface area contributed by atoms with Crippen LogP contribution in [0.25, 0.3) is 10.8 Å². The molecule has 0 saturated carbocycles. The molecule has 0 saturated heterocycles. The first kappa shape index (κ1) is 32.5. The molecule has 0 spiro atoms. The summed E-state index contributed by atoms with van der Waals surface area (Å²) in [5.74, 6) is 1.13. The number of carbonyl (C=O) groups excluding carboxylic acids is 1. The van der Waals surface area contributed by atoms with Crippen molar-refractivity contribution in [3.8, 4) is 5.75 Å². The Hall–Kier alpha value is -3.92. The summed E-state index contributed by atoms with van der Waals surface area (Å²) >= 11 is 0. The first-order valence-electron chi connectivity index (χ1n) is 15.5. The van der Waals surface area contributed by atoms with E-state index in [4.69, 9.17) is 4.74 Å². The van der Waals surface area contributed by atoms with E-state index in [1.54, 1.807) is 12.1 Å². The maximum Gasteiger partial charge on any atom is 0.241 e. The minimum Gasteiger partial charge on any atom is -0.493 e. The molecule has 45 heavy (non-hydrogen) atoms. The van der Waals surface area contributed by atoms with Crippen molar-refractivity contribution in [2.24, 2.45) is 5.92 Å². The zero-order chi connectivity index (χ0) is 32.1. The second-order valence-electron chi connectivity index (χ2n) is 12.5. The predicted molar refractivity (Wildman–Crippen MR) is 181 cm³/mol. The number of anilines is 1. The number of fused-ring (bicyclic) bond motifs is 2. The number of ether oxygens (including phenoxy) is 1. The Morgan fingerprint density at radius 3 is 2.40 bits per heavy atom. The zero-order valence-electron chi connectivity index (χ0n) is 26.8. The lowest BCUT2D eigenvalue weighted by molar-refractivity contribution is -0.122. The van der Waals surface area contributed by atoms with Crippen molar-refractivity contribution in [1.29, 1.82) is 0 Å². The molecule has 4 aromatic carbocycles. The highest BCUT2D eigenvalue weighted by atomic mass is 32.2. The van der Waals surface area contributed by atoms with E-state index in [1.807, 2.05) is 79.7 Å². The molecule has 0 radical (unpaired) electrons. The van der Waals surface area contributed by atoms with Gasteiger partial charge < -0.3 is 19.9 Å². The average molecular weight is 629 g/mol. The van der Waals surface area contributed by atoms with E-state index in [0.29, 0.717) is 29.9 Å². The fourth-order valence-corrected chi connectivity index (χ4v) is 7.62. The van der Waals surface area contributed by atoms with E-state index in [1.165, 1.54) is 0 Å². The molecular formula is C36H44N4O4S. The Balaban J connectivity index is 1.36. The topological polar surface area (TPSA) is 91.0 Å². The van der Waals surface area contributed by atoms with Gasteiger partial charge in [-0.05, 0) is 42.3 Å². The fourth-order valence-electron chi connectivity index (χ4n) is 6.17. The Morgan fingerprint density at radius 1 is 0.933 bits per heavy atom. The molecule has 9 heteroatoms. The van der Waals surface area contributed by atoms with Gasteiger partial charge in [0.15, 0.2) is 0 Å². The van der Waals surface area contributed by atoms with Crippen LogP contribution in [0.15, 0.2) is 89.8 Å². The summed E-state index contributed by atoms with van der Waals surface area (Å²) in [6, 6.07) is 25.4. The highest BCUT2D eigenvalue weighted by Crippen LogP contribution is 2.34. The molecule has 1 aliphatic rings. The Kier molecular flexibility index (Phi) is 10.1. The summed E-state index contributed by atoms with van der Waals surface area (Å²) in [7, 11) is 1.98. The number of benzene rings is 4. The van der Waals surface area contributed by atoms with Crippen molar-refractivity contribution in [2.45, 2.75) is 50.2 Å². The van der Waals surface area contributed by atoms with Crippen molar-refractivity contribution >= 4 is 32.4 Å². The first-order valence-corrected chi connectivity index (χ1v) is 17.0. The maximum absolute atomic E-state index is 13.9. The number of nitrogens with zero attached hydrogens (tertiary/aromatic N) is 2. The first-order chi connectivity index (χ1) is 21.5. The third-order valence-electron chi connectivity index (χ3n) is 8.10. The van der Waals surface area contributed by atoms with Crippen LogP contribution in [0.1, 0.15) is 55.5 Å². The number of amides is 1. The molecule has 2 N–H and O–H groups in total. The Bertz CT molecular complexity index is 1740. The molecule has 0 fully saturated rings. The molecule has 1 aliphatic heterocycles. The van der Waals surface area contributed by atoms with Gasteiger partial charge in [0.05, 0.1) is 23.6 Å². The number of hydrogen-bond acceptors (Lipinski definition) is 6.